The molecule has 0 amide bonds. The van der Waals surface area contributed by atoms with E-state index in [0.717, 1.165) is 16.6 Å². The van der Waals surface area contributed by atoms with E-state index in [-0.39, 0.29) is 12.1 Å². The maximum atomic E-state index is 5.85. The lowest BCUT2D eigenvalue weighted by atomic mass is 10.1. The number of nitrogens with zero attached hydrogens (tertiary/aromatic N) is 2. The van der Waals surface area contributed by atoms with Crippen LogP contribution >= 0.6 is 15.9 Å². The molecule has 1 aliphatic rings. The molecule has 1 aromatic heterocycles. The van der Waals surface area contributed by atoms with Gasteiger partial charge in [0.25, 0.3) is 0 Å². The summed E-state index contributed by atoms with van der Waals surface area (Å²) in [6.07, 6.45) is 2.65. The summed E-state index contributed by atoms with van der Waals surface area (Å²) in [6, 6.07) is 8.10. The highest BCUT2D eigenvalue weighted by Crippen LogP contribution is 2.28. The highest BCUT2D eigenvalue weighted by molar-refractivity contribution is 9.10. The molecule has 0 spiro atoms. The van der Waals surface area contributed by atoms with Gasteiger partial charge in [0, 0.05) is 12.6 Å². The van der Waals surface area contributed by atoms with Gasteiger partial charge in [-0.2, -0.15) is 4.98 Å². The number of nitrogen functional groups attached to an aromatic ring is 1. The molecule has 0 bridgehead atoms. The van der Waals surface area contributed by atoms with Crippen LogP contribution in [0.15, 0.2) is 34.9 Å². The number of anilines is 2. The molecule has 98 valence electrons. The molecule has 2 aromatic rings. The lowest BCUT2D eigenvalue weighted by molar-refractivity contribution is 0.246. The van der Waals surface area contributed by atoms with E-state index in [2.05, 4.69) is 37.3 Å². The summed E-state index contributed by atoms with van der Waals surface area (Å²) >= 11 is 3.38. The molecule has 0 fully saturated rings. The van der Waals surface area contributed by atoms with Gasteiger partial charge in [-0.05, 0) is 27.6 Å². The van der Waals surface area contributed by atoms with Crippen molar-refractivity contribution in [3.8, 4) is 5.75 Å². The zero-order valence-corrected chi connectivity index (χ0v) is 11.7. The molecular weight excluding hydrogens is 308 g/mol. The third kappa shape index (κ3) is 2.63. The molecule has 1 atom stereocenters. The molecule has 3 rings (SSSR count). The Bertz CT molecular complexity index is 580. The quantitative estimate of drug-likeness (QED) is 0.907. The van der Waals surface area contributed by atoms with Gasteiger partial charge in [0.15, 0.2) is 0 Å². The van der Waals surface area contributed by atoms with Crippen LogP contribution in [0.1, 0.15) is 5.56 Å². The number of nitrogens with one attached hydrogen (secondary N) is 1. The molecule has 1 aliphatic heterocycles. The van der Waals surface area contributed by atoms with Crippen molar-refractivity contribution in [2.24, 2.45) is 0 Å². The molecule has 0 saturated heterocycles. The third-order valence-corrected chi connectivity index (χ3v) is 3.55. The summed E-state index contributed by atoms with van der Waals surface area (Å²) in [4.78, 5) is 8.04. The Labute approximate surface area is 119 Å². The first-order chi connectivity index (χ1) is 9.22. The number of fused-ring (bicyclic) bond motifs is 1. The number of rotatable bonds is 3. The molecule has 0 radical (unpaired) electrons. The Morgan fingerprint density at radius 3 is 3.11 bits per heavy atom. The van der Waals surface area contributed by atoms with E-state index in [1.54, 1.807) is 6.20 Å². The average Bonchev–Trinajstić information content (AvgIpc) is 2.82. The molecule has 6 heteroatoms. The minimum atomic E-state index is 0.112. The van der Waals surface area contributed by atoms with E-state index in [1.165, 1.54) is 5.56 Å². The Balaban J connectivity index is 1.64. The zero-order valence-electron chi connectivity index (χ0n) is 10.1. The van der Waals surface area contributed by atoms with Gasteiger partial charge in [-0.1, -0.05) is 18.2 Å². The summed E-state index contributed by atoms with van der Waals surface area (Å²) < 4.78 is 6.64. The predicted octanol–water partition coefficient (Wildman–Crippen LogP) is 2.24. The van der Waals surface area contributed by atoms with Gasteiger partial charge in [-0.25, -0.2) is 4.98 Å². The van der Waals surface area contributed by atoms with Gasteiger partial charge in [0.1, 0.15) is 17.7 Å². The van der Waals surface area contributed by atoms with Crippen molar-refractivity contribution in [3.63, 3.8) is 0 Å². The van der Waals surface area contributed by atoms with E-state index < -0.39 is 0 Å². The van der Waals surface area contributed by atoms with Gasteiger partial charge in [-0.3, -0.25) is 0 Å². The fourth-order valence-electron chi connectivity index (χ4n) is 2.08. The zero-order chi connectivity index (χ0) is 13.2. The second kappa shape index (κ2) is 5.05. The topological polar surface area (TPSA) is 73.1 Å². The second-order valence-electron chi connectivity index (χ2n) is 4.36. The van der Waals surface area contributed by atoms with Crippen molar-refractivity contribution in [2.75, 3.05) is 17.6 Å². The lowest BCUT2D eigenvalue weighted by Crippen LogP contribution is -2.24. The van der Waals surface area contributed by atoms with Crippen LogP contribution < -0.4 is 15.8 Å². The maximum Gasteiger partial charge on any atom is 0.221 e. The van der Waals surface area contributed by atoms with Crippen LogP contribution in [0.4, 0.5) is 11.8 Å². The minimum Gasteiger partial charge on any atom is -0.488 e. The van der Waals surface area contributed by atoms with Gasteiger partial charge < -0.3 is 15.8 Å². The van der Waals surface area contributed by atoms with E-state index in [0.29, 0.717) is 12.4 Å². The Morgan fingerprint density at radius 2 is 2.26 bits per heavy atom. The summed E-state index contributed by atoms with van der Waals surface area (Å²) in [5.41, 5.74) is 6.81. The molecule has 3 N–H and O–H groups in total. The van der Waals surface area contributed by atoms with E-state index in [4.69, 9.17) is 10.5 Å². The van der Waals surface area contributed by atoms with E-state index in [1.807, 2.05) is 18.2 Å². The molecule has 2 heterocycles. The SMILES string of the molecule is Nc1ncc(Br)c(NCC2Cc3ccccc3O2)n1. The average molecular weight is 321 g/mol. The van der Waals surface area contributed by atoms with Crippen molar-refractivity contribution >= 4 is 27.7 Å². The van der Waals surface area contributed by atoms with Crippen LogP contribution in [0, 0.1) is 0 Å². The maximum absolute atomic E-state index is 5.85. The number of benzene rings is 1. The Kier molecular flexibility index (Phi) is 3.25. The molecule has 0 saturated carbocycles. The summed E-state index contributed by atoms with van der Waals surface area (Å²) in [7, 11) is 0. The smallest absolute Gasteiger partial charge is 0.221 e. The number of hydrogen-bond acceptors (Lipinski definition) is 5. The summed E-state index contributed by atoms with van der Waals surface area (Å²) in [5, 5.41) is 3.23. The van der Waals surface area contributed by atoms with Crippen LogP contribution in [-0.4, -0.2) is 22.6 Å². The summed E-state index contributed by atoms with van der Waals surface area (Å²) in [5.74, 6) is 1.91. The standard InChI is InChI=1S/C13H13BrN4O/c14-10-7-17-13(15)18-12(10)16-6-9-5-8-3-1-2-4-11(8)19-9/h1-4,7,9H,5-6H2,(H3,15,16,17,18). The van der Waals surface area contributed by atoms with Crippen molar-refractivity contribution in [1.82, 2.24) is 9.97 Å². The molecule has 1 aromatic carbocycles. The summed E-state index contributed by atoms with van der Waals surface area (Å²) in [6.45, 7) is 0.670. The van der Waals surface area contributed by atoms with Gasteiger partial charge in [0.2, 0.25) is 5.95 Å². The van der Waals surface area contributed by atoms with E-state index >= 15 is 0 Å². The fourth-order valence-corrected chi connectivity index (χ4v) is 2.41. The molecule has 1 unspecified atom stereocenters. The second-order valence-corrected chi connectivity index (χ2v) is 5.21. The molecule has 0 aliphatic carbocycles. The largest absolute Gasteiger partial charge is 0.488 e. The molecule has 19 heavy (non-hydrogen) atoms. The molecule has 5 nitrogen and oxygen atoms in total. The number of para-hydroxylation sites is 1. The number of hydrogen-bond donors (Lipinski definition) is 2. The number of aromatic nitrogens is 2. The molecular formula is C13H13BrN4O. The van der Waals surface area contributed by atoms with Crippen LogP contribution in [0.25, 0.3) is 0 Å². The van der Waals surface area contributed by atoms with Gasteiger partial charge in [-0.15, -0.1) is 0 Å². The van der Waals surface area contributed by atoms with Crippen molar-refractivity contribution in [1.29, 1.82) is 0 Å². The van der Waals surface area contributed by atoms with E-state index in [9.17, 15) is 0 Å². The number of halogens is 1. The first-order valence-corrected chi connectivity index (χ1v) is 6.78. The van der Waals surface area contributed by atoms with Crippen LogP contribution in [0.2, 0.25) is 0 Å². The first-order valence-electron chi connectivity index (χ1n) is 5.99. The lowest BCUT2D eigenvalue weighted by Gasteiger charge is -2.13. The van der Waals surface area contributed by atoms with Crippen LogP contribution in [-0.2, 0) is 6.42 Å². The van der Waals surface area contributed by atoms with Crippen LogP contribution in [0.5, 0.6) is 5.75 Å². The van der Waals surface area contributed by atoms with Crippen LogP contribution in [0.3, 0.4) is 0 Å². The Morgan fingerprint density at radius 1 is 1.42 bits per heavy atom. The number of nitrogens with two attached hydrogens (primary N) is 1. The van der Waals surface area contributed by atoms with Gasteiger partial charge in [0.05, 0.1) is 11.0 Å². The number of ether oxygens (including phenoxy) is 1. The fraction of sp³-hybridized carbons (Fsp3) is 0.231. The monoisotopic (exact) mass is 320 g/mol. The minimum absolute atomic E-state index is 0.112. The normalized spacial score (nSPS) is 16.8. The highest BCUT2D eigenvalue weighted by Gasteiger charge is 2.22. The highest BCUT2D eigenvalue weighted by atomic mass is 79.9. The van der Waals surface area contributed by atoms with Gasteiger partial charge >= 0.3 is 0 Å². The van der Waals surface area contributed by atoms with Crippen molar-refractivity contribution in [2.45, 2.75) is 12.5 Å². The third-order valence-electron chi connectivity index (χ3n) is 2.97. The predicted molar refractivity (Wildman–Crippen MR) is 77.2 cm³/mol. The van der Waals surface area contributed by atoms with Crippen molar-refractivity contribution < 1.29 is 4.74 Å². The van der Waals surface area contributed by atoms with Crippen molar-refractivity contribution in [3.05, 3.63) is 40.5 Å². The first kappa shape index (κ1) is 12.2. The Hall–Kier alpha value is -1.82.